The van der Waals surface area contributed by atoms with E-state index in [9.17, 15) is 0 Å². The maximum absolute atomic E-state index is 5.89. The standard InChI is InChI=1S/C13H18ClN/c1-9(10-3-4-10)13(15-2)11-5-7-12(14)8-6-11/h5-10,13,15H,3-4H2,1-2H3. The molecule has 2 atom stereocenters. The normalized spacial score (nSPS) is 19.9. The van der Waals surface area contributed by atoms with Crippen molar-refractivity contribution in [3.05, 3.63) is 34.9 Å². The van der Waals surface area contributed by atoms with E-state index >= 15 is 0 Å². The van der Waals surface area contributed by atoms with Crippen molar-refractivity contribution >= 4 is 11.6 Å². The highest BCUT2D eigenvalue weighted by Gasteiger charge is 2.33. The smallest absolute Gasteiger partial charge is 0.0406 e. The number of benzene rings is 1. The summed E-state index contributed by atoms with van der Waals surface area (Å²) in [6.45, 7) is 2.34. The first-order valence-electron chi connectivity index (χ1n) is 5.65. The molecule has 82 valence electrons. The highest BCUT2D eigenvalue weighted by molar-refractivity contribution is 6.30. The van der Waals surface area contributed by atoms with Crippen LogP contribution in [0.15, 0.2) is 24.3 Å². The largest absolute Gasteiger partial charge is 0.313 e. The van der Waals surface area contributed by atoms with Crippen molar-refractivity contribution in [2.75, 3.05) is 7.05 Å². The van der Waals surface area contributed by atoms with Gasteiger partial charge in [-0.3, -0.25) is 0 Å². The van der Waals surface area contributed by atoms with Gasteiger partial charge in [-0.1, -0.05) is 30.7 Å². The SMILES string of the molecule is CNC(c1ccc(Cl)cc1)C(C)C1CC1. The van der Waals surface area contributed by atoms with E-state index in [2.05, 4.69) is 24.4 Å². The van der Waals surface area contributed by atoms with E-state index in [4.69, 9.17) is 11.6 Å². The number of hydrogen-bond donors (Lipinski definition) is 1. The Balaban J connectivity index is 2.14. The minimum absolute atomic E-state index is 0.467. The quantitative estimate of drug-likeness (QED) is 0.822. The summed E-state index contributed by atoms with van der Waals surface area (Å²) in [6.07, 6.45) is 2.79. The highest BCUT2D eigenvalue weighted by Crippen LogP contribution is 2.42. The molecule has 1 nitrogen and oxygen atoms in total. The zero-order valence-electron chi connectivity index (χ0n) is 9.33. The number of nitrogens with one attached hydrogen (secondary N) is 1. The summed E-state index contributed by atoms with van der Waals surface area (Å²) in [6, 6.07) is 8.67. The van der Waals surface area contributed by atoms with Crippen LogP contribution in [0.1, 0.15) is 31.4 Å². The van der Waals surface area contributed by atoms with Crippen molar-refractivity contribution in [2.45, 2.75) is 25.8 Å². The third-order valence-corrected chi connectivity index (χ3v) is 3.68. The van der Waals surface area contributed by atoms with Crippen LogP contribution in [-0.4, -0.2) is 7.05 Å². The van der Waals surface area contributed by atoms with Crippen molar-refractivity contribution < 1.29 is 0 Å². The average molecular weight is 224 g/mol. The monoisotopic (exact) mass is 223 g/mol. The fourth-order valence-electron chi connectivity index (χ4n) is 2.30. The predicted octanol–water partition coefficient (Wildman–Crippen LogP) is 3.65. The van der Waals surface area contributed by atoms with Crippen LogP contribution in [0.3, 0.4) is 0 Å². The van der Waals surface area contributed by atoms with Crippen molar-refractivity contribution in [1.29, 1.82) is 0 Å². The number of hydrogen-bond acceptors (Lipinski definition) is 1. The number of halogens is 1. The minimum Gasteiger partial charge on any atom is -0.313 e. The molecule has 0 saturated heterocycles. The van der Waals surface area contributed by atoms with Gasteiger partial charge < -0.3 is 5.32 Å². The van der Waals surface area contributed by atoms with Gasteiger partial charge in [0.2, 0.25) is 0 Å². The topological polar surface area (TPSA) is 12.0 Å². The highest BCUT2D eigenvalue weighted by atomic mass is 35.5. The summed E-state index contributed by atoms with van der Waals surface area (Å²) in [7, 11) is 2.04. The maximum atomic E-state index is 5.89. The molecule has 0 heterocycles. The van der Waals surface area contributed by atoms with E-state index in [1.54, 1.807) is 0 Å². The summed E-state index contributed by atoms with van der Waals surface area (Å²) in [5.74, 6) is 1.63. The van der Waals surface area contributed by atoms with Gasteiger partial charge in [-0.15, -0.1) is 0 Å². The van der Waals surface area contributed by atoms with Gasteiger partial charge in [0.15, 0.2) is 0 Å². The summed E-state index contributed by atoms with van der Waals surface area (Å²) in [5, 5.41) is 4.23. The lowest BCUT2D eigenvalue weighted by Crippen LogP contribution is -2.24. The first-order valence-corrected chi connectivity index (χ1v) is 6.03. The Hall–Kier alpha value is -0.530. The van der Waals surface area contributed by atoms with Crippen molar-refractivity contribution in [2.24, 2.45) is 11.8 Å². The van der Waals surface area contributed by atoms with Gasteiger partial charge in [0.1, 0.15) is 0 Å². The molecule has 1 N–H and O–H groups in total. The van der Waals surface area contributed by atoms with E-state index < -0.39 is 0 Å². The molecule has 2 rings (SSSR count). The van der Waals surface area contributed by atoms with Crippen molar-refractivity contribution in [3.8, 4) is 0 Å². The molecule has 1 aliphatic rings. The molecule has 0 aliphatic heterocycles. The molecule has 1 fully saturated rings. The summed E-state index contributed by atoms with van der Waals surface area (Å²) < 4.78 is 0. The number of rotatable bonds is 4. The molecular formula is C13H18ClN. The molecule has 0 radical (unpaired) electrons. The van der Waals surface area contributed by atoms with Gasteiger partial charge in [0, 0.05) is 11.1 Å². The third kappa shape index (κ3) is 2.53. The maximum Gasteiger partial charge on any atom is 0.0406 e. The first-order chi connectivity index (χ1) is 7.22. The van der Waals surface area contributed by atoms with Gasteiger partial charge in [-0.2, -0.15) is 0 Å². The van der Waals surface area contributed by atoms with Crippen LogP contribution in [-0.2, 0) is 0 Å². The fourth-order valence-corrected chi connectivity index (χ4v) is 2.42. The molecule has 2 heteroatoms. The van der Waals surface area contributed by atoms with Crippen molar-refractivity contribution in [1.82, 2.24) is 5.32 Å². The fraction of sp³-hybridized carbons (Fsp3) is 0.538. The molecule has 1 aromatic carbocycles. The lowest BCUT2D eigenvalue weighted by atomic mass is 9.91. The molecule has 1 aliphatic carbocycles. The average Bonchev–Trinajstić information content (AvgIpc) is 3.05. The van der Waals surface area contributed by atoms with Gasteiger partial charge in [0.05, 0.1) is 0 Å². The van der Waals surface area contributed by atoms with Crippen molar-refractivity contribution in [3.63, 3.8) is 0 Å². The Morgan fingerprint density at radius 1 is 1.27 bits per heavy atom. The lowest BCUT2D eigenvalue weighted by molar-refractivity contribution is 0.369. The van der Waals surface area contributed by atoms with Gasteiger partial charge in [-0.05, 0) is 49.4 Å². The zero-order valence-corrected chi connectivity index (χ0v) is 10.1. The Morgan fingerprint density at radius 2 is 1.87 bits per heavy atom. The van der Waals surface area contributed by atoms with E-state index in [1.807, 2.05) is 19.2 Å². The third-order valence-electron chi connectivity index (χ3n) is 3.43. The second-order valence-corrected chi connectivity index (χ2v) is 4.95. The van der Waals surface area contributed by atoms with Crippen LogP contribution in [0.5, 0.6) is 0 Å². The Labute approximate surface area is 96.8 Å². The van der Waals surface area contributed by atoms with Crippen LogP contribution < -0.4 is 5.32 Å². The van der Waals surface area contributed by atoms with Crippen LogP contribution in [0, 0.1) is 11.8 Å². The summed E-state index contributed by atoms with van der Waals surface area (Å²) in [5.41, 5.74) is 1.35. The lowest BCUT2D eigenvalue weighted by Gasteiger charge is -2.24. The van der Waals surface area contributed by atoms with Crippen LogP contribution in [0.2, 0.25) is 5.02 Å². The summed E-state index contributed by atoms with van der Waals surface area (Å²) in [4.78, 5) is 0. The Morgan fingerprint density at radius 3 is 2.33 bits per heavy atom. The molecule has 0 aromatic heterocycles. The molecule has 0 amide bonds. The van der Waals surface area contributed by atoms with Crippen LogP contribution >= 0.6 is 11.6 Å². The molecule has 15 heavy (non-hydrogen) atoms. The van der Waals surface area contributed by atoms with E-state index in [-0.39, 0.29) is 0 Å². The van der Waals surface area contributed by atoms with Crippen LogP contribution in [0.4, 0.5) is 0 Å². The molecule has 1 saturated carbocycles. The molecule has 0 spiro atoms. The van der Waals surface area contributed by atoms with E-state index in [0.717, 1.165) is 16.9 Å². The van der Waals surface area contributed by atoms with Crippen LogP contribution in [0.25, 0.3) is 0 Å². The van der Waals surface area contributed by atoms with Gasteiger partial charge in [-0.25, -0.2) is 0 Å². The Kier molecular flexibility index (Phi) is 3.32. The minimum atomic E-state index is 0.467. The molecule has 2 unspecified atom stereocenters. The van der Waals surface area contributed by atoms with Gasteiger partial charge >= 0.3 is 0 Å². The van der Waals surface area contributed by atoms with Gasteiger partial charge in [0.25, 0.3) is 0 Å². The Bertz CT molecular complexity index is 316. The predicted molar refractivity (Wildman–Crippen MR) is 65.1 cm³/mol. The van der Waals surface area contributed by atoms with E-state index in [1.165, 1.54) is 18.4 Å². The first kappa shape index (κ1) is 11.0. The summed E-state index contributed by atoms with van der Waals surface area (Å²) >= 11 is 5.89. The molecule has 0 bridgehead atoms. The zero-order chi connectivity index (χ0) is 10.8. The van der Waals surface area contributed by atoms with E-state index in [0.29, 0.717) is 6.04 Å². The second-order valence-electron chi connectivity index (χ2n) is 4.51. The second kappa shape index (κ2) is 4.54. The molecule has 1 aromatic rings. The molecular weight excluding hydrogens is 206 g/mol.